The molecule has 150 valence electrons. The number of benzene rings is 1. The summed E-state index contributed by atoms with van der Waals surface area (Å²) in [4.78, 5) is 17.6. The number of nitrogens with one attached hydrogen (secondary N) is 1. The number of carbonyl (C=O) groups excluding carboxylic acids is 1. The minimum atomic E-state index is -0.421. The van der Waals surface area contributed by atoms with Crippen LogP contribution in [-0.4, -0.2) is 25.8 Å². The lowest BCUT2D eigenvalue weighted by atomic mass is 10.1. The zero-order valence-corrected chi connectivity index (χ0v) is 18.3. The van der Waals surface area contributed by atoms with E-state index in [1.165, 1.54) is 23.1 Å². The lowest BCUT2D eigenvalue weighted by molar-refractivity contribution is -0.115. The quantitative estimate of drug-likeness (QED) is 0.445. The van der Waals surface area contributed by atoms with Crippen molar-refractivity contribution in [1.29, 1.82) is 5.26 Å². The van der Waals surface area contributed by atoms with Gasteiger partial charge in [0.2, 0.25) is 5.91 Å². The van der Waals surface area contributed by atoms with E-state index in [4.69, 9.17) is 10.2 Å². The van der Waals surface area contributed by atoms with Gasteiger partial charge in [-0.05, 0) is 43.8 Å². The normalized spacial score (nSPS) is 11.9. The molecular weight excluding hydrogens is 414 g/mol. The van der Waals surface area contributed by atoms with Crippen molar-refractivity contribution in [3.8, 4) is 17.3 Å². The van der Waals surface area contributed by atoms with E-state index < -0.39 is 5.25 Å². The number of carbonyl (C=O) groups is 1. The molecule has 4 rings (SSSR count). The van der Waals surface area contributed by atoms with Crippen LogP contribution in [0.25, 0.3) is 16.8 Å². The fourth-order valence-corrected chi connectivity index (χ4v) is 4.80. The van der Waals surface area contributed by atoms with E-state index in [1.807, 2.05) is 61.7 Å². The summed E-state index contributed by atoms with van der Waals surface area (Å²) in [6, 6.07) is 15.8. The maximum atomic E-state index is 12.7. The number of anilines is 1. The predicted molar refractivity (Wildman–Crippen MR) is 121 cm³/mol. The molecule has 0 unspecified atom stereocenters. The number of thiophene rings is 1. The van der Waals surface area contributed by atoms with E-state index in [-0.39, 0.29) is 5.91 Å². The number of nitriles is 1. The lowest BCUT2D eigenvalue weighted by Crippen LogP contribution is -2.22. The van der Waals surface area contributed by atoms with Gasteiger partial charge in [-0.15, -0.1) is 11.3 Å². The summed E-state index contributed by atoms with van der Waals surface area (Å²) in [5.41, 5.74) is 5.22. The van der Waals surface area contributed by atoms with Gasteiger partial charge in [0.1, 0.15) is 11.1 Å². The molecule has 4 aromatic rings. The Morgan fingerprint density at radius 3 is 2.77 bits per heavy atom. The van der Waals surface area contributed by atoms with Gasteiger partial charge in [-0.2, -0.15) is 10.4 Å². The van der Waals surface area contributed by atoms with Gasteiger partial charge in [0.05, 0.1) is 27.7 Å². The highest BCUT2D eigenvalue weighted by Crippen LogP contribution is 2.33. The first kappa shape index (κ1) is 20.1. The number of thioether (sulfide) groups is 1. The number of hydrogen-bond acceptors (Lipinski definition) is 6. The van der Waals surface area contributed by atoms with Crippen molar-refractivity contribution in [3.05, 3.63) is 64.7 Å². The molecule has 30 heavy (non-hydrogen) atoms. The van der Waals surface area contributed by atoms with Crippen LogP contribution in [0.5, 0.6) is 0 Å². The summed E-state index contributed by atoms with van der Waals surface area (Å²) in [5.74, 6) is -0.179. The first-order chi connectivity index (χ1) is 14.5. The van der Waals surface area contributed by atoms with Gasteiger partial charge < -0.3 is 5.32 Å². The molecule has 0 aliphatic rings. The molecule has 0 aliphatic carbocycles. The molecule has 0 saturated carbocycles. The summed E-state index contributed by atoms with van der Waals surface area (Å²) < 4.78 is 1.83. The maximum Gasteiger partial charge on any atom is 0.238 e. The second kappa shape index (κ2) is 8.30. The molecule has 8 heteroatoms. The van der Waals surface area contributed by atoms with E-state index in [0.717, 1.165) is 28.0 Å². The Hall–Kier alpha value is -3.15. The average Bonchev–Trinajstić information content (AvgIpc) is 3.33. The Balaban J connectivity index is 1.69. The number of hydrogen-bond donors (Lipinski definition) is 1. The smallest absolute Gasteiger partial charge is 0.238 e. The molecule has 1 aromatic carbocycles. The fourth-order valence-electron chi connectivity index (χ4n) is 3.20. The predicted octanol–water partition coefficient (Wildman–Crippen LogP) is 5.07. The van der Waals surface area contributed by atoms with Crippen molar-refractivity contribution in [1.82, 2.24) is 14.6 Å². The Labute approximate surface area is 182 Å². The minimum Gasteiger partial charge on any atom is -0.316 e. The van der Waals surface area contributed by atoms with Gasteiger partial charge in [0.15, 0.2) is 5.16 Å². The highest BCUT2D eigenvalue weighted by atomic mass is 32.2. The molecule has 0 aliphatic heterocycles. The lowest BCUT2D eigenvalue weighted by Gasteiger charge is -2.10. The van der Waals surface area contributed by atoms with Crippen molar-refractivity contribution in [2.45, 2.75) is 31.2 Å². The number of imidazole rings is 1. The zero-order valence-electron chi connectivity index (χ0n) is 16.7. The van der Waals surface area contributed by atoms with Crippen LogP contribution in [0.1, 0.15) is 23.7 Å². The molecule has 3 aromatic heterocycles. The van der Waals surface area contributed by atoms with Crippen LogP contribution in [0.3, 0.4) is 0 Å². The Bertz CT molecular complexity index is 1270. The van der Waals surface area contributed by atoms with Crippen LogP contribution in [0.15, 0.2) is 53.0 Å². The van der Waals surface area contributed by atoms with Gasteiger partial charge in [-0.25, -0.2) is 9.50 Å². The van der Waals surface area contributed by atoms with Crippen molar-refractivity contribution in [2.24, 2.45) is 0 Å². The highest BCUT2D eigenvalue weighted by molar-refractivity contribution is 8.00. The minimum absolute atomic E-state index is 0.179. The van der Waals surface area contributed by atoms with Gasteiger partial charge >= 0.3 is 0 Å². The molecule has 0 spiro atoms. The molecule has 1 amide bonds. The number of nitrogens with zero attached hydrogens (tertiary/aromatic N) is 4. The second-order valence-corrected chi connectivity index (χ2v) is 9.09. The number of aryl methyl sites for hydroxylation is 2. The van der Waals surface area contributed by atoms with Crippen molar-refractivity contribution >= 4 is 39.5 Å². The monoisotopic (exact) mass is 433 g/mol. The van der Waals surface area contributed by atoms with Gasteiger partial charge in [-0.3, -0.25) is 4.79 Å². The molecule has 0 radical (unpaired) electrons. The summed E-state index contributed by atoms with van der Waals surface area (Å²) in [5, 5.41) is 19.3. The molecule has 6 nitrogen and oxygen atoms in total. The molecule has 0 saturated heterocycles. The SMILES string of the molecule is Cc1cc(C)c2c(-c3ccccc3)nc(S[C@@H](C)C(=O)Nc3sccc3C#N)n2n1. The fraction of sp³-hybridized carbons (Fsp3) is 0.182. The number of rotatable bonds is 5. The summed E-state index contributed by atoms with van der Waals surface area (Å²) in [6.45, 7) is 5.81. The number of fused-ring (bicyclic) bond motifs is 1. The van der Waals surface area contributed by atoms with Crippen LogP contribution in [0.4, 0.5) is 5.00 Å². The molecule has 3 heterocycles. The van der Waals surface area contributed by atoms with E-state index in [1.54, 1.807) is 11.4 Å². The topological polar surface area (TPSA) is 83.1 Å². The standard InChI is InChI=1S/C22H19N5OS2/c1-13-11-14(2)26-27-19(13)18(16-7-5-4-6-8-16)24-22(27)30-15(3)20(28)25-21-17(12-23)9-10-29-21/h4-11,15H,1-3H3,(H,25,28)/t15-/m0/s1. The summed E-state index contributed by atoms with van der Waals surface area (Å²) in [6.07, 6.45) is 0. The van der Waals surface area contributed by atoms with E-state index in [0.29, 0.717) is 15.7 Å². The first-order valence-electron chi connectivity index (χ1n) is 9.35. The highest BCUT2D eigenvalue weighted by Gasteiger charge is 2.22. The third-order valence-corrected chi connectivity index (χ3v) is 6.47. The van der Waals surface area contributed by atoms with E-state index in [9.17, 15) is 4.79 Å². The summed E-state index contributed by atoms with van der Waals surface area (Å²) in [7, 11) is 0. The van der Waals surface area contributed by atoms with Crippen molar-refractivity contribution < 1.29 is 4.79 Å². The van der Waals surface area contributed by atoms with E-state index >= 15 is 0 Å². The second-order valence-electron chi connectivity index (χ2n) is 6.86. The van der Waals surface area contributed by atoms with Crippen LogP contribution >= 0.6 is 23.1 Å². The average molecular weight is 434 g/mol. The third-order valence-electron chi connectivity index (χ3n) is 4.60. The van der Waals surface area contributed by atoms with Gasteiger partial charge in [0, 0.05) is 5.56 Å². The molecule has 1 N–H and O–H groups in total. The number of amides is 1. The van der Waals surface area contributed by atoms with Crippen LogP contribution < -0.4 is 5.32 Å². The zero-order chi connectivity index (χ0) is 21.3. The van der Waals surface area contributed by atoms with Crippen LogP contribution in [0, 0.1) is 25.2 Å². The van der Waals surface area contributed by atoms with Crippen LogP contribution in [0.2, 0.25) is 0 Å². The van der Waals surface area contributed by atoms with E-state index in [2.05, 4.69) is 16.5 Å². The molecular formula is C22H19N5OS2. The van der Waals surface area contributed by atoms with Gasteiger partial charge in [-0.1, -0.05) is 42.1 Å². The van der Waals surface area contributed by atoms with Gasteiger partial charge in [0.25, 0.3) is 0 Å². The van der Waals surface area contributed by atoms with Crippen molar-refractivity contribution in [3.63, 3.8) is 0 Å². The molecule has 1 atom stereocenters. The molecule has 0 fully saturated rings. The third kappa shape index (κ3) is 3.82. The Morgan fingerprint density at radius 1 is 1.27 bits per heavy atom. The van der Waals surface area contributed by atoms with Crippen LogP contribution in [-0.2, 0) is 4.79 Å². The summed E-state index contributed by atoms with van der Waals surface area (Å²) >= 11 is 2.69. The Morgan fingerprint density at radius 2 is 2.03 bits per heavy atom. The largest absolute Gasteiger partial charge is 0.316 e. The maximum absolute atomic E-state index is 12.7. The number of aromatic nitrogens is 3. The Kier molecular flexibility index (Phi) is 5.57. The molecule has 0 bridgehead atoms. The first-order valence-corrected chi connectivity index (χ1v) is 11.1. The van der Waals surface area contributed by atoms with Crippen molar-refractivity contribution in [2.75, 3.05) is 5.32 Å².